The Morgan fingerprint density at radius 3 is 2.24 bits per heavy atom. The van der Waals surface area contributed by atoms with Crippen LogP contribution in [-0.4, -0.2) is 41.8 Å². The average Bonchev–Trinajstić information content (AvgIpc) is 2.84. The minimum Gasteiger partial charge on any atom is -0.493 e. The lowest BCUT2D eigenvalue weighted by atomic mass is 10.1. The van der Waals surface area contributed by atoms with Crippen LogP contribution in [0.25, 0.3) is 0 Å². The quantitative estimate of drug-likeness (QED) is 0.504. The van der Waals surface area contributed by atoms with Gasteiger partial charge in [0.2, 0.25) is 5.91 Å². The summed E-state index contributed by atoms with van der Waals surface area (Å²) >= 11 is 0. The molecule has 0 atom stereocenters. The van der Waals surface area contributed by atoms with E-state index in [0.29, 0.717) is 47.6 Å². The fourth-order valence-electron chi connectivity index (χ4n) is 3.41. The van der Waals surface area contributed by atoms with Crippen molar-refractivity contribution in [3.8, 4) is 23.0 Å². The molecule has 4 rings (SSSR count). The number of fused-ring (bicyclic) bond motifs is 1. The highest BCUT2D eigenvalue weighted by Gasteiger charge is 2.19. The number of benzene rings is 3. The second-order valence-corrected chi connectivity index (χ2v) is 9.09. The van der Waals surface area contributed by atoms with Crippen molar-refractivity contribution in [1.82, 2.24) is 0 Å². The molecule has 0 saturated heterocycles. The highest BCUT2D eigenvalue weighted by Crippen LogP contribution is 2.33. The van der Waals surface area contributed by atoms with Crippen LogP contribution in [0.4, 0.5) is 11.4 Å². The normalized spacial score (nSPS) is 12.5. The van der Waals surface area contributed by atoms with E-state index in [1.807, 2.05) is 0 Å². The largest absolute Gasteiger partial charge is 0.493 e. The lowest BCUT2D eigenvalue weighted by Gasteiger charge is -2.19. The summed E-state index contributed by atoms with van der Waals surface area (Å²) in [5.74, 6) is 1.81. The Kier molecular flexibility index (Phi) is 6.78. The third-order valence-corrected chi connectivity index (χ3v) is 6.44. The first-order valence-corrected chi connectivity index (χ1v) is 11.9. The van der Waals surface area contributed by atoms with Gasteiger partial charge in [-0.2, -0.15) is 0 Å². The molecule has 1 aliphatic rings. The molecule has 9 nitrogen and oxygen atoms in total. The van der Waals surface area contributed by atoms with Crippen molar-refractivity contribution in [3.63, 3.8) is 0 Å². The number of sulfonamides is 1. The molecule has 0 aromatic heterocycles. The van der Waals surface area contributed by atoms with E-state index in [1.165, 1.54) is 19.2 Å². The maximum atomic E-state index is 12.8. The minimum absolute atomic E-state index is 0.0593. The molecule has 3 aromatic carbocycles. The molecule has 0 spiro atoms. The van der Waals surface area contributed by atoms with Crippen molar-refractivity contribution in [2.75, 3.05) is 37.5 Å². The van der Waals surface area contributed by atoms with E-state index in [0.717, 1.165) is 5.56 Å². The van der Waals surface area contributed by atoms with Gasteiger partial charge in [-0.15, -0.1) is 0 Å². The van der Waals surface area contributed by atoms with Crippen molar-refractivity contribution in [3.05, 3.63) is 66.2 Å². The van der Waals surface area contributed by atoms with Gasteiger partial charge in [0.15, 0.2) is 23.0 Å². The molecule has 34 heavy (non-hydrogen) atoms. The topological polar surface area (TPSA) is 112 Å². The molecule has 178 valence electrons. The number of nitrogens with one attached hydrogen (secondary N) is 2. The molecule has 0 fully saturated rings. The number of amides is 1. The Balaban J connectivity index is 1.38. The maximum Gasteiger partial charge on any atom is 0.262 e. The second-order valence-electron chi connectivity index (χ2n) is 7.40. The van der Waals surface area contributed by atoms with Crippen LogP contribution in [0.5, 0.6) is 23.0 Å². The zero-order chi connectivity index (χ0) is 24.1. The van der Waals surface area contributed by atoms with E-state index in [4.69, 9.17) is 18.9 Å². The molecule has 0 aliphatic carbocycles. The molecule has 10 heteroatoms. The van der Waals surface area contributed by atoms with Crippen LogP contribution in [0, 0.1) is 0 Å². The highest BCUT2D eigenvalue weighted by atomic mass is 32.2. The standard InChI is InChI=1S/C24H24N2O7S/c1-30-20-9-3-16(13-22(20)31-2)14-24(27)25-17-4-6-18(7-5-17)26-34(28,29)19-8-10-21-23(15-19)33-12-11-32-21/h3-10,13,15,26H,11-12,14H2,1-2H3,(H,25,27). The van der Waals surface area contributed by atoms with Crippen molar-refractivity contribution < 1.29 is 32.2 Å². The van der Waals surface area contributed by atoms with E-state index in [1.54, 1.807) is 55.6 Å². The molecule has 1 amide bonds. The van der Waals surface area contributed by atoms with Crippen LogP contribution < -0.4 is 29.0 Å². The summed E-state index contributed by atoms with van der Waals surface area (Å²) in [5, 5.41) is 2.79. The summed E-state index contributed by atoms with van der Waals surface area (Å²) in [7, 11) is -0.752. The molecule has 1 aliphatic heterocycles. The minimum atomic E-state index is -3.83. The third kappa shape index (κ3) is 5.34. The van der Waals surface area contributed by atoms with Gasteiger partial charge in [0.25, 0.3) is 10.0 Å². The first-order chi connectivity index (χ1) is 16.4. The van der Waals surface area contributed by atoms with Gasteiger partial charge in [0.1, 0.15) is 13.2 Å². The monoisotopic (exact) mass is 484 g/mol. The zero-order valence-corrected chi connectivity index (χ0v) is 19.5. The summed E-state index contributed by atoms with van der Waals surface area (Å²) in [6.45, 7) is 0.789. The molecule has 0 radical (unpaired) electrons. The van der Waals surface area contributed by atoms with Crippen LogP contribution in [0.15, 0.2) is 65.6 Å². The first-order valence-electron chi connectivity index (χ1n) is 10.4. The number of anilines is 2. The highest BCUT2D eigenvalue weighted by molar-refractivity contribution is 7.92. The Morgan fingerprint density at radius 1 is 0.853 bits per heavy atom. The Morgan fingerprint density at radius 2 is 1.53 bits per heavy atom. The maximum absolute atomic E-state index is 12.8. The number of carbonyl (C=O) groups excluding carboxylic acids is 1. The number of hydrogen-bond donors (Lipinski definition) is 2. The molecular weight excluding hydrogens is 460 g/mol. The second kappa shape index (κ2) is 9.92. The number of carbonyl (C=O) groups is 1. The lowest BCUT2D eigenvalue weighted by molar-refractivity contribution is -0.115. The number of methoxy groups -OCH3 is 2. The molecule has 2 N–H and O–H groups in total. The molecule has 1 heterocycles. The zero-order valence-electron chi connectivity index (χ0n) is 18.7. The van der Waals surface area contributed by atoms with E-state index >= 15 is 0 Å². The van der Waals surface area contributed by atoms with E-state index in [2.05, 4.69) is 10.0 Å². The SMILES string of the molecule is COc1ccc(CC(=O)Nc2ccc(NS(=O)(=O)c3ccc4c(c3)OCCO4)cc2)cc1OC. The molecule has 0 saturated carbocycles. The van der Waals surface area contributed by atoms with Crippen LogP contribution in [-0.2, 0) is 21.2 Å². The van der Waals surface area contributed by atoms with Crippen LogP contribution in [0.2, 0.25) is 0 Å². The van der Waals surface area contributed by atoms with Crippen molar-refractivity contribution in [2.45, 2.75) is 11.3 Å². The van der Waals surface area contributed by atoms with Crippen molar-refractivity contribution in [2.24, 2.45) is 0 Å². The van der Waals surface area contributed by atoms with E-state index in [9.17, 15) is 13.2 Å². The molecule has 0 bridgehead atoms. The van der Waals surface area contributed by atoms with Crippen LogP contribution in [0.1, 0.15) is 5.56 Å². The molecular formula is C24H24N2O7S. The summed E-state index contributed by atoms with van der Waals surface area (Å²) in [5.41, 5.74) is 1.65. The average molecular weight is 485 g/mol. The molecule has 0 unspecified atom stereocenters. The van der Waals surface area contributed by atoms with Crippen LogP contribution in [0.3, 0.4) is 0 Å². The van der Waals surface area contributed by atoms with Gasteiger partial charge in [-0.3, -0.25) is 9.52 Å². The van der Waals surface area contributed by atoms with Crippen LogP contribution >= 0.6 is 0 Å². The molecule has 3 aromatic rings. The van der Waals surface area contributed by atoms with Crippen molar-refractivity contribution >= 4 is 27.3 Å². The summed E-state index contributed by atoms with van der Waals surface area (Å²) in [6.07, 6.45) is 0.138. The van der Waals surface area contributed by atoms with E-state index in [-0.39, 0.29) is 17.2 Å². The van der Waals surface area contributed by atoms with Gasteiger partial charge < -0.3 is 24.3 Å². The van der Waals surface area contributed by atoms with Crippen molar-refractivity contribution in [1.29, 1.82) is 0 Å². The Bertz CT molecular complexity index is 1290. The third-order valence-electron chi connectivity index (χ3n) is 5.06. The number of ether oxygens (including phenoxy) is 4. The summed E-state index contributed by atoms with van der Waals surface area (Å²) < 4.78 is 49.4. The van der Waals surface area contributed by atoms with Gasteiger partial charge in [-0.25, -0.2) is 8.42 Å². The first kappa shape index (κ1) is 23.2. The van der Waals surface area contributed by atoms with Gasteiger partial charge in [-0.05, 0) is 54.1 Å². The summed E-state index contributed by atoms with van der Waals surface area (Å²) in [4.78, 5) is 12.5. The van der Waals surface area contributed by atoms with Gasteiger partial charge in [-0.1, -0.05) is 6.07 Å². The Hall–Kier alpha value is -3.92. The fourth-order valence-corrected chi connectivity index (χ4v) is 4.48. The predicted molar refractivity (Wildman–Crippen MR) is 127 cm³/mol. The lowest BCUT2D eigenvalue weighted by Crippen LogP contribution is -2.17. The smallest absolute Gasteiger partial charge is 0.262 e. The number of rotatable bonds is 8. The van der Waals surface area contributed by atoms with E-state index < -0.39 is 10.0 Å². The predicted octanol–water partition coefficient (Wildman–Crippen LogP) is 3.46. The van der Waals surface area contributed by atoms with Gasteiger partial charge in [0.05, 0.1) is 25.5 Å². The van der Waals surface area contributed by atoms with Gasteiger partial charge >= 0.3 is 0 Å². The van der Waals surface area contributed by atoms with Gasteiger partial charge in [0, 0.05) is 17.4 Å². The summed E-state index contributed by atoms with van der Waals surface area (Å²) in [6, 6.07) is 16.1. The number of hydrogen-bond acceptors (Lipinski definition) is 7. The fraction of sp³-hybridized carbons (Fsp3) is 0.208. The Labute approximate surface area is 197 Å².